The Hall–Kier alpha value is -4.82. The predicted molar refractivity (Wildman–Crippen MR) is 205 cm³/mol. The van der Waals surface area contributed by atoms with E-state index in [1.54, 1.807) is 0 Å². The van der Waals surface area contributed by atoms with Gasteiger partial charge in [0.2, 0.25) is 0 Å². The van der Waals surface area contributed by atoms with Gasteiger partial charge < -0.3 is 9.80 Å². The summed E-state index contributed by atoms with van der Waals surface area (Å²) in [6.45, 7) is 8.74. The lowest BCUT2D eigenvalue weighted by Crippen LogP contribution is -2.30. The molecule has 2 aliphatic carbocycles. The summed E-state index contributed by atoms with van der Waals surface area (Å²) in [6.07, 6.45) is 14.3. The third kappa shape index (κ3) is 6.49. The van der Waals surface area contributed by atoms with E-state index in [9.17, 15) is 0 Å². The molecule has 2 heteroatoms. The smallest absolute Gasteiger partial charge is 0.0461 e. The molecule has 0 aromatic heterocycles. The lowest BCUT2D eigenvalue weighted by atomic mass is 9.65. The Labute approximate surface area is 288 Å². The van der Waals surface area contributed by atoms with Crippen LogP contribution in [-0.2, 0) is 5.41 Å². The zero-order valence-corrected chi connectivity index (χ0v) is 29.0. The number of anilines is 5. The number of hydrogen-bond donors (Lipinski definition) is 0. The van der Waals surface area contributed by atoms with Crippen molar-refractivity contribution >= 4 is 28.4 Å². The minimum Gasteiger partial charge on any atom is -0.311 e. The molecular weight excluding hydrogens is 581 g/mol. The van der Waals surface area contributed by atoms with Crippen molar-refractivity contribution in [3.63, 3.8) is 0 Å². The van der Waals surface area contributed by atoms with Crippen molar-refractivity contribution in [3.05, 3.63) is 173 Å². The van der Waals surface area contributed by atoms with Crippen LogP contribution in [0.4, 0.5) is 28.4 Å². The zero-order chi connectivity index (χ0) is 33.1. The maximum absolute atomic E-state index is 2.42. The van der Waals surface area contributed by atoms with Crippen LogP contribution in [0.2, 0.25) is 0 Å². The first-order chi connectivity index (χ1) is 23.4. The molecule has 1 fully saturated rings. The number of aryl methyl sites for hydroxylation is 3. The van der Waals surface area contributed by atoms with Crippen LogP contribution in [0.15, 0.2) is 145 Å². The summed E-state index contributed by atoms with van der Waals surface area (Å²) >= 11 is 0. The molecule has 2 nitrogen and oxygen atoms in total. The second-order valence-electron chi connectivity index (χ2n) is 14.1. The average Bonchev–Trinajstić information content (AvgIpc) is 3.13. The normalized spacial score (nSPS) is 17.1. The van der Waals surface area contributed by atoms with Gasteiger partial charge in [-0.15, -0.1) is 0 Å². The fourth-order valence-electron chi connectivity index (χ4n) is 7.62. The average molecular weight is 629 g/mol. The molecule has 0 N–H and O–H groups in total. The molecule has 0 saturated heterocycles. The molecule has 0 bridgehead atoms. The second kappa shape index (κ2) is 13.7. The van der Waals surface area contributed by atoms with E-state index in [2.05, 4.69) is 177 Å². The van der Waals surface area contributed by atoms with Crippen LogP contribution in [0, 0.1) is 26.7 Å². The summed E-state index contributed by atoms with van der Waals surface area (Å²) in [6, 6.07) is 45.6. The SMILES string of the molecule is Cc1ccc(N(C2=CCC(C)C=C2)c2ccc(C3(c4ccc(N(c5ccc(C)cc5)c5ccc(C)cc5)cc4)CCCCC3)cc2)cc1. The van der Waals surface area contributed by atoms with Crippen LogP contribution in [0.5, 0.6) is 0 Å². The lowest BCUT2D eigenvalue weighted by molar-refractivity contribution is 0.346. The molecule has 5 aromatic carbocycles. The first-order valence-electron chi connectivity index (χ1n) is 17.8. The summed E-state index contributed by atoms with van der Waals surface area (Å²) in [7, 11) is 0. The van der Waals surface area contributed by atoms with Crippen LogP contribution >= 0.6 is 0 Å². The highest BCUT2D eigenvalue weighted by Crippen LogP contribution is 2.47. The summed E-state index contributed by atoms with van der Waals surface area (Å²) in [5.74, 6) is 0.578. The standard InChI is InChI=1S/C46H48N2/c1-34-8-20-40(21-9-34)47(41-22-10-35(2)11-23-41)44-28-16-38(17-29-44)46(32-6-5-7-33-46)39-18-30-45(31-19-39)48(42-24-12-36(3)13-25-42)43-26-14-37(4)15-27-43/h8-14,16-31,37H,5-7,15,32-33H2,1-4H3. The van der Waals surface area contributed by atoms with Gasteiger partial charge in [0.25, 0.3) is 0 Å². The molecule has 0 heterocycles. The van der Waals surface area contributed by atoms with Crippen LogP contribution < -0.4 is 9.80 Å². The highest BCUT2D eigenvalue weighted by atomic mass is 15.1. The third-order valence-electron chi connectivity index (χ3n) is 10.5. The molecule has 48 heavy (non-hydrogen) atoms. The first kappa shape index (κ1) is 31.8. The maximum atomic E-state index is 2.42. The van der Waals surface area contributed by atoms with Gasteiger partial charge in [-0.3, -0.25) is 0 Å². The van der Waals surface area contributed by atoms with E-state index in [0.29, 0.717) is 5.92 Å². The van der Waals surface area contributed by atoms with Crippen LogP contribution in [0.25, 0.3) is 0 Å². The van der Waals surface area contributed by atoms with Crippen molar-refractivity contribution in [1.82, 2.24) is 0 Å². The van der Waals surface area contributed by atoms with E-state index in [4.69, 9.17) is 0 Å². The Balaban J connectivity index is 1.24. The molecule has 1 saturated carbocycles. The number of benzene rings is 5. The van der Waals surface area contributed by atoms with Gasteiger partial charge in [0.05, 0.1) is 0 Å². The molecule has 0 radical (unpaired) electrons. The molecular formula is C46H48N2. The molecule has 242 valence electrons. The summed E-state index contributed by atoms with van der Waals surface area (Å²) in [4.78, 5) is 4.79. The first-order valence-corrected chi connectivity index (χ1v) is 17.8. The predicted octanol–water partition coefficient (Wildman–Crippen LogP) is 12.9. The molecule has 1 unspecified atom stereocenters. The second-order valence-corrected chi connectivity index (χ2v) is 14.1. The van der Waals surface area contributed by atoms with Crippen molar-refractivity contribution in [2.24, 2.45) is 5.92 Å². The van der Waals surface area contributed by atoms with E-state index < -0.39 is 0 Å². The van der Waals surface area contributed by atoms with Gasteiger partial charge in [-0.25, -0.2) is 0 Å². The fourth-order valence-corrected chi connectivity index (χ4v) is 7.62. The number of allylic oxidation sites excluding steroid dienone is 3. The minimum absolute atomic E-state index is 0.0159. The Bertz CT molecular complexity index is 1830. The van der Waals surface area contributed by atoms with Gasteiger partial charge in [0.15, 0.2) is 0 Å². The van der Waals surface area contributed by atoms with Crippen LogP contribution in [-0.4, -0.2) is 0 Å². The van der Waals surface area contributed by atoms with Gasteiger partial charge in [-0.1, -0.05) is 116 Å². The van der Waals surface area contributed by atoms with Crippen LogP contribution in [0.1, 0.15) is 73.3 Å². The largest absolute Gasteiger partial charge is 0.311 e. The molecule has 0 amide bonds. The third-order valence-corrected chi connectivity index (χ3v) is 10.5. The van der Waals surface area contributed by atoms with E-state index in [0.717, 1.165) is 6.42 Å². The number of hydrogen-bond acceptors (Lipinski definition) is 2. The summed E-state index contributed by atoms with van der Waals surface area (Å²) in [5.41, 5.74) is 13.9. The monoisotopic (exact) mass is 628 g/mol. The molecule has 5 aromatic rings. The Kier molecular flexibility index (Phi) is 9.08. The van der Waals surface area contributed by atoms with E-state index in [1.807, 2.05) is 0 Å². The zero-order valence-electron chi connectivity index (χ0n) is 29.0. The van der Waals surface area contributed by atoms with E-state index in [1.165, 1.54) is 94.1 Å². The van der Waals surface area contributed by atoms with E-state index >= 15 is 0 Å². The van der Waals surface area contributed by atoms with Crippen molar-refractivity contribution in [1.29, 1.82) is 0 Å². The topological polar surface area (TPSA) is 6.48 Å². The van der Waals surface area contributed by atoms with Crippen LogP contribution in [0.3, 0.4) is 0 Å². The van der Waals surface area contributed by atoms with Gasteiger partial charge in [-0.05, 0) is 124 Å². The van der Waals surface area contributed by atoms with Gasteiger partial charge in [0, 0.05) is 39.5 Å². The quantitative estimate of drug-likeness (QED) is 0.169. The van der Waals surface area contributed by atoms with Crippen molar-refractivity contribution < 1.29 is 0 Å². The molecule has 1 atom stereocenters. The van der Waals surface area contributed by atoms with Crippen molar-refractivity contribution in [3.8, 4) is 0 Å². The number of rotatable bonds is 8. The Morgan fingerprint density at radius 1 is 0.479 bits per heavy atom. The van der Waals surface area contributed by atoms with Gasteiger partial charge in [0.1, 0.15) is 0 Å². The molecule has 0 spiro atoms. The highest BCUT2D eigenvalue weighted by molar-refractivity contribution is 5.77. The Morgan fingerprint density at radius 3 is 1.23 bits per heavy atom. The summed E-state index contributed by atoms with van der Waals surface area (Å²) in [5, 5.41) is 0. The van der Waals surface area contributed by atoms with Crippen molar-refractivity contribution in [2.75, 3.05) is 9.80 Å². The maximum Gasteiger partial charge on any atom is 0.0461 e. The van der Waals surface area contributed by atoms with Gasteiger partial charge >= 0.3 is 0 Å². The lowest BCUT2D eigenvalue weighted by Gasteiger charge is -2.39. The highest BCUT2D eigenvalue weighted by Gasteiger charge is 2.36. The Morgan fingerprint density at radius 2 is 0.854 bits per heavy atom. The fraction of sp³-hybridized carbons (Fsp3) is 0.261. The van der Waals surface area contributed by atoms with Gasteiger partial charge in [-0.2, -0.15) is 0 Å². The van der Waals surface area contributed by atoms with E-state index in [-0.39, 0.29) is 5.41 Å². The molecule has 7 rings (SSSR count). The molecule has 2 aliphatic rings. The number of nitrogens with zero attached hydrogens (tertiary/aromatic N) is 2. The summed E-state index contributed by atoms with van der Waals surface area (Å²) < 4.78 is 0. The molecule has 0 aliphatic heterocycles. The minimum atomic E-state index is 0.0159. The van der Waals surface area contributed by atoms with Crippen molar-refractivity contribution in [2.45, 2.75) is 71.6 Å².